The van der Waals surface area contributed by atoms with E-state index in [0.29, 0.717) is 0 Å². The second-order valence-electron chi connectivity index (χ2n) is 7.13. The summed E-state index contributed by atoms with van der Waals surface area (Å²) in [5.74, 6) is 1.73. The van der Waals surface area contributed by atoms with Crippen LogP contribution in [0.15, 0.2) is 24.3 Å². The summed E-state index contributed by atoms with van der Waals surface area (Å²) >= 11 is 0. The topological polar surface area (TPSA) is 12.0 Å². The van der Waals surface area contributed by atoms with Crippen molar-refractivity contribution in [2.45, 2.75) is 76.8 Å². The lowest BCUT2D eigenvalue weighted by Gasteiger charge is -2.40. The lowest BCUT2D eigenvalue weighted by atomic mass is 9.74. The Balaban J connectivity index is 1.44. The Kier molecular flexibility index (Phi) is 4.45. The van der Waals surface area contributed by atoms with E-state index in [-0.39, 0.29) is 0 Å². The molecule has 2 aliphatic rings. The van der Waals surface area contributed by atoms with Gasteiger partial charge in [-0.2, -0.15) is 0 Å². The van der Waals surface area contributed by atoms with E-state index < -0.39 is 0 Å². The normalized spacial score (nSPS) is 28.9. The Hall–Kier alpha value is -0.820. The van der Waals surface area contributed by atoms with Gasteiger partial charge in [0.25, 0.3) is 0 Å². The van der Waals surface area contributed by atoms with Gasteiger partial charge in [-0.15, -0.1) is 0 Å². The van der Waals surface area contributed by atoms with Crippen LogP contribution in [-0.2, 0) is 0 Å². The Morgan fingerprint density at radius 3 is 2.30 bits per heavy atom. The molecule has 1 heteroatoms. The molecule has 20 heavy (non-hydrogen) atoms. The zero-order chi connectivity index (χ0) is 13.9. The Morgan fingerprint density at radius 2 is 1.65 bits per heavy atom. The molecule has 1 nitrogen and oxygen atoms in total. The molecule has 110 valence electrons. The molecule has 0 bridgehead atoms. The van der Waals surface area contributed by atoms with Crippen molar-refractivity contribution in [1.29, 1.82) is 0 Å². The molecule has 0 saturated heterocycles. The van der Waals surface area contributed by atoms with Gasteiger partial charge in [0.05, 0.1) is 0 Å². The van der Waals surface area contributed by atoms with E-state index in [2.05, 4.69) is 43.4 Å². The van der Waals surface area contributed by atoms with Crippen molar-refractivity contribution in [2.24, 2.45) is 5.92 Å². The third kappa shape index (κ3) is 3.25. The number of nitrogens with one attached hydrogen (secondary N) is 1. The minimum absolute atomic E-state index is 0.722. The van der Waals surface area contributed by atoms with E-state index in [1.54, 1.807) is 5.56 Å². The largest absolute Gasteiger partial charge is 0.311 e. The molecule has 1 aromatic rings. The summed E-state index contributed by atoms with van der Waals surface area (Å²) in [5, 5.41) is 3.90. The molecule has 0 unspecified atom stereocenters. The predicted molar refractivity (Wildman–Crippen MR) is 86.1 cm³/mol. The zero-order valence-corrected chi connectivity index (χ0v) is 13.1. The van der Waals surface area contributed by atoms with Gasteiger partial charge in [-0.25, -0.2) is 0 Å². The van der Waals surface area contributed by atoms with Crippen LogP contribution in [0.4, 0.5) is 0 Å². The van der Waals surface area contributed by atoms with Gasteiger partial charge in [-0.3, -0.25) is 0 Å². The molecule has 2 fully saturated rings. The summed E-state index contributed by atoms with van der Waals surface area (Å²) in [5.41, 5.74) is 2.91. The fraction of sp³-hybridized carbons (Fsp3) is 0.684. The molecule has 1 aromatic carbocycles. The number of hydrogen-bond acceptors (Lipinski definition) is 1. The zero-order valence-electron chi connectivity index (χ0n) is 13.1. The molecule has 2 saturated carbocycles. The second kappa shape index (κ2) is 6.30. The number of aryl methyl sites for hydroxylation is 1. The third-order valence-electron chi connectivity index (χ3n) is 5.54. The van der Waals surface area contributed by atoms with Crippen molar-refractivity contribution in [2.75, 3.05) is 0 Å². The van der Waals surface area contributed by atoms with Gasteiger partial charge in [-0.05, 0) is 56.9 Å². The van der Waals surface area contributed by atoms with E-state index in [4.69, 9.17) is 0 Å². The maximum atomic E-state index is 3.90. The SMILES string of the molecule is Cc1ccc(C2CC(N[C@H](C)C3CCCCC3)C2)cc1. The van der Waals surface area contributed by atoms with Crippen LogP contribution in [0.1, 0.15) is 68.9 Å². The van der Waals surface area contributed by atoms with Crippen LogP contribution in [0.25, 0.3) is 0 Å². The van der Waals surface area contributed by atoms with Crippen molar-refractivity contribution in [1.82, 2.24) is 5.32 Å². The van der Waals surface area contributed by atoms with E-state index in [0.717, 1.165) is 23.9 Å². The van der Waals surface area contributed by atoms with Gasteiger partial charge in [0.2, 0.25) is 0 Å². The fourth-order valence-electron chi connectivity index (χ4n) is 4.01. The van der Waals surface area contributed by atoms with Crippen LogP contribution in [0, 0.1) is 12.8 Å². The first-order chi connectivity index (χ1) is 9.72. The molecular formula is C19H29N. The molecule has 1 atom stereocenters. The quantitative estimate of drug-likeness (QED) is 0.829. The molecule has 2 aliphatic carbocycles. The minimum Gasteiger partial charge on any atom is -0.311 e. The average molecular weight is 271 g/mol. The second-order valence-corrected chi connectivity index (χ2v) is 7.13. The van der Waals surface area contributed by atoms with Crippen LogP contribution in [-0.4, -0.2) is 12.1 Å². The first-order valence-electron chi connectivity index (χ1n) is 8.55. The van der Waals surface area contributed by atoms with Crippen molar-refractivity contribution in [3.8, 4) is 0 Å². The first kappa shape index (κ1) is 14.1. The number of rotatable bonds is 4. The highest BCUT2D eigenvalue weighted by Crippen LogP contribution is 2.38. The highest BCUT2D eigenvalue weighted by atomic mass is 15.0. The Morgan fingerprint density at radius 1 is 1.00 bits per heavy atom. The molecule has 0 amide bonds. The Bertz CT molecular complexity index is 410. The van der Waals surface area contributed by atoms with Crippen LogP contribution in [0.3, 0.4) is 0 Å². The maximum absolute atomic E-state index is 3.90. The van der Waals surface area contributed by atoms with Crippen LogP contribution < -0.4 is 5.32 Å². The summed E-state index contributed by atoms with van der Waals surface area (Å²) in [6, 6.07) is 10.6. The summed E-state index contributed by atoms with van der Waals surface area (Å²) in [7, 11) is 0. The van der Waals surface area contributed by atoms with Gasteiger partial charge in [0.1, 0.15) is 0 Å². The van der Waals surface area contributed by atoms with E-state index >= 15 is 0 Å². The van der Waals surface area contributed by atoms with Gasteiger partial charge in [0.15, 0.2) is 0 Å². The van der Waals surface area contributed by atoms with E-state index in [9.17, 15) is 0 Å². The van der Waals surface area contributed by atoms with Gasteiger partial charge in [-0.1, -0.05) is 49.1 Å². The third-order valence-corrected chi connectivity index (χ3v) is 5.54. The molecule has 0 aliphatic heterocycles. The highest BCUT2D eigenvalue weighted by Gasteiger charge is 2.32. The van der Waals surface area contributed by atoms with Gasteiger partial charge < -0.3 is 5.32 Å². The van der Waals surface area contributed by atoms with E-state index in [1.165, 1.54) is 50.5 Å². The summed E-state index contributed by atoms with van der Waals surface area (Å²) in [6.07, 6.45) is 9.92. The number of benzene rings is 1. The lowest BCUT2D eigenvalue weighted by molar-refractivity contribution is 0.211. The van der Waals surface area contributed by atoms with Gasteiger partial charge >= 0.3 is 0 Å². The Labute approximate surface area is 124 Å². The molecule has 0 heterocycles. The van der Waals surface area contributed by atoms with Gasteiger partial charge in [0, 0.05) is 12.1 Å². The van der Waals surface area contributed by atoms with Crippen molar-refractivity contribution in [3.63, 3.8) is 0 Å². The fourth-order valence-corrected chi connectivity index (χ4v) is 4.01. The lowest BCUT2D eigenvalue weighted by Crippen LogP contribution is -2.47. The molecule has 0 radical (unpaired) electrons. The molecule has 0 aromatic heterocycles. The average Bonchev–Trinajstić information content (AvgIpc) is 2.44. The monoisotopic (exact) mass is 271 g/mol. The van der Waals surface area contributed by atoms with Crippen molar-refractivity contribution < 1.29 is 0 Å². The standard InChI is InChI=1S/C19H29N/c1-14-8-10-17(11-9-14)18-12-19(13-18)20-15(2)16-6-4-3-5-7-16/h8-11,15-16,18-20H,3-7,12-13H2,1-2H3/t15-,18?,19?/m1/s1. The van der Waals surface area contributed by atoms with Crippen molar-refractivity contribution in [3.05, 3.63) is 35.4 Å². The van der Waals surface area contributed by atoms with Crippen LogP contribution in [0.5, 0.6) is 0 Å². The molecule has 3 rings (SSSR count). The maximum Gasteiger partial charge on any atom is 0.00813 e. The first-order valence-corrected chi connectivity index (χ1v) is 8.55. The highest BCUT2D eigenvalue weighted by molar-refractivity contribution is 5.26. The summed E-state index contributed by atoms with van der Waals surface area (Å²) in [4.78, 5) is 0. The van der Waals surface area contributed by atoms with Crippen LogP contribution >= 0.6 is 0 Å². The summed E-state index contributed by atoms with van der Waals surface area (Å²) < 4.78 is 0. The smallest absolute Gasteiger partial charge is 0.00813 e. The minimum atomic E-state index is 0.722. The number of hydrogen-bond donors (Lipinski definition) is 1. The summed E-state index contributed by atoms with van der Waals surface area (Å²) in [6.45, 7) is 4.58. The predicted octanol–water partition coefficient (Wildman–Crippen LogP) is 4.80. The van der Waals surface area contributed by atoms with Crippen LogP contribution in [0.2, 0.25) is 0 Å². The van der Waals surface area contributed by atoms with E-state index in [1.807, 2.05) is 0 Å². The molecule has 1 N–H and O–H groups in total. The molecular weight excluding hydrogens is 242 g/mol. The molecule has 0 spiro atoms. The van der Waals surface area contributed by atoms with Crippen molar-refractivity contribution >= 4 is 0 Å².